The lowest BCUT2D eigenvalue weighted by molar-refractivity contribution is -0.0297. The van der Waals surface area contributed by atoms with Crippen LogP contribution in [0, 0.1) is 5.41 Å². The highest BCUT2D eigenvalue weighted by atomic mass is 16.3. The van der Waals surface area contributed by atoms with Gasteiger partial charge in [-0.15, -0.1) is 0 Å². The summed E-state index contributed by atoms with van der Waals surface area (Å²) in [5.74, 6) is 0. The van der Waals surface area contributed by atoms with Gasteiger partial charge in [0.15, 0.2) is 0 Å². The number of nitrogens with two attached hydrogens (primary N) is 1. The molecule has 0 aliphatic heterocycles. The van der Waals surface area contributed by atoms with E-state index in [-0.39, 0.29) is 5.41 Å². The Bertz CT molecular complexity index is 352. The van der Waals surface area contributed by atoms with Crippen LogP contribution in [0.15, 0.2) is 12.4 Å². The molecule has 17 heavy (non-hydrogen) atoms. The van der Waals surface area contributed by atoms with Gasteiger partial charge < -0.3 is 10.8 Å². The second-order valence-corrected chi connectivity index (χ2v) is 5.21. The summed E-state index contributed by atoms with van der Waals surface area (Å²) >= 11 is 0. The van der Waals surface area contributed by atoms with Crippen LogP contribution in [-0.2, 0) is 6.54 Å². The average Bonchev–Trinajstić information content (AvgIpc) is 2.74. The highest BCUT2D eigenvalue weighted by Crippen LogP contribution is 2.49. The lowest BCUT2D eigenvalue weighted by atomic mass is 9.64. The molecule has 4 nitrogen and oxygen atoms in total. The van der Waals surface area contributed by atoms with Gasteiger partial charge in [0.2, 0.25) is 0 Å². The molecule has 0 radical (unpaired) electrons. The fourth-order valence-corrected chi connectivity index (χ4v) is 2.54. The van der Waals surface area contributed by atoms with Crippen LogP contribution in [0.3, 0.4) is 0 Å². The van der Waals surface area contributed by atoms with Crippen LogP contribution in [-0.4, -0.2) is 21.4 Å². The molecule has 1 saturated carbocycles. The minimum Gasteiger partial charge on any atom is -0.388 e. The van der Waals surface area contributed by atoms with E-state index in [9.17, 15) is 5.11 Å². The zero-order chi connectivity index (χ0) is 12.3. The number of aromatic nitrogens is 2. The number of aryl methyl sites for hydroxylation is 1. The second-order valence-electron chi connectivity index (χ2n) is 5.21. The lowest BCUT2D eigenvalue weighted by Gasteiger charge is -2.44. The number of aliphatic hydroxyl groups is 1. The van der Waals surface area contributed by atoms with E-state index in [1.807, 2.05) is 10.9 Å². The van der Waals surface area contributed by atoms with Crippen LogP contribution in [0.5, 0.6) is 0 Å². The maximum atomic E-state index is 10.4. The molecule has 1 fully saturated rings. The van der Waals surface area contributed by atoms with Gasteiger partial charge in [-0.2, -0.15) is 5.10 Å². The molecule has 2 rings (SSSR count). The third kappa shape index (κ3) is 2.38. The molecule has 3 N–H and O–H groups in total. The van der Waals surface area contributed by atoms with Crippen molar-refractivity contribution in [2.75, 3.05) is 6.54 Å². The Balaban J connectivity index is 2.03. The maximum absolute atomic E-state index is 10.4. The maximum Gasteiger partial charge on any atom is 0.0888 e. The summed E-state index contributed by atoms with van der Waals surface area (Å²) in [6.45, 7) is 3.66. The van der Waals surface area contributed by atoms with E-state index < -0.39 is 6.10 Å². The van der Waals surface area contributed by atoms with Gasteiger partial charge in [-0.25, -0.2) is 0 Å². The summed E-state index contributed by atoms with van der Waals surface area (Å²) in [6, 6.07) is 0. The molecule has 96 valence electrons. The molecule has 0 amide bonds. The van der Waals surface area contributed by atoms with E-state index in [4.69, 9.17) is 5.73 Å². The molecule has 0 saturated heterocycles. The number of nitrogens with zero attached hydrogens (tertiary/aromatic N) is 2. The van der Waals surface area contributed by atoms with E-state index in [1.165, 1.54) is 6.42 Å². The summed E-state index contributed by atoms with van der Waals surface area (Å²) in [7, 11) is 0. The zero-order valence-electron chi connectivity index (χ0n) is 10.6. The van der Waals surface area contributed by atoms with Gasteiger partial charge in [0, 0.05) is 30.3 Å². The highest BCUT2D eigenvalue weighted by molar-refractivity contribution is 5.14. The topological polar surface area (TPSA) is 64.1 Å². The first-order valence-electron chi connectivity index (χ1n) is 6.62. The minimum atomic E-state index is -0.448. The van der Waals surface area contributed by atoms with Crippen LogP contribution in [0.4, 0.5) is 0 Å². The van der Waals surface area contributed by atoms with Gasteiger partial charge in [0.25, 0.3) is 0 Å². The largest absolute Gasteiger partial charge is 0.388 e. The normalized spacial score (nSPS) is 19.9. The predicted octanol–water partition coefficient (Wildman–Crippen LogP) is 1.85. The number of aliphatic hydroxyl groups excluding tert-OH is 1. The first-order chi connectivity index (χ1) is 8.22. The molecule has 4 heteroatoms. The summed E-state index contributed by atoms with van der Waals surface area (Å²) < 4.78 is 1.92. The quantitative estimate of drug-likeness (QED) is 0.793. The fraction of sp³-hybridized carbons (Fsp3) is 0.769. The Hall–Kier alpha value is -0.870. The smallest absolute Gasteiger partial charge is 0.0888 e. The summed E-state index contributed by atoms with van der Waals surface area (Å²) in [5, 5.41) is 14.7. The van der Waals surface area contributed by atoms with Crippen molar-refractivity contribution in [1.29, 1.82) is 0 Å². The minimum absolute atomic E-state index is 0.0847. The first kappa shape index (κ1) is 12.6. The molecule has 1 aliphatic rings. The van der Waals surface area contributed by atoms with Gasteiger partial charge in [-0.05, 0) is 19.3 Å². The van der Waals surface area contributed by atoms with Crippen LogP contribution >= 0.6 is 0 Å². The summed E-state index contributed by atoms with van der Waals surface area (Å²) in [6.07, 6.45) is 8.83. The van der Waals surface area contributed by atoms with Crippen molar-refractivity contribution < 1.29 is 5.11 Å². The first-order valence-corrected chi connectivity index (χ1v) is 6.62. The van der Waals surface area contributed by atoms with E-state index in [0.717, 1.165) is 37.8 Å². The molecule has 1 aromatic heterocycles. The van der Waals surface area contributed by atoms with Crippen LogP contribution in [0.2, 0.25) is 0 Å². The number of hydrogen-bond acceptors (Lipinski definition) is 3. The van der Waals surface area contributed by atoms with Crippen molar-refractivity contribution in [3.63, 3.8) is 0 Å². The highest BCUT2D eigenvalue weighted by Gasteiger charge is 2.43. The Labute approximate surface area is 103 Å². The molecule has 1 heterocycles. The molecular weight excluding hydrogens is 214 g/mol. The zero-order valence-corrected chi connectivity index (χ0v) is 10.6. The van der Waals surface area contributed by atoms with Crippen molar-refractivity contribution in [2.24, 2.45) is 11.1 Å². The van der Waals surface area contributed by atoms with Crippen molar-refractivity contribution in [1.82, 2.24) is 9.78 Å². The van der Waals surface area contributed by atoms with Crippen LogP contribution in [0.25, 0.3) is 0 Å². The lowest BCUT2D eigenvalue weighted by Crippen LogP contribution is -2.42. The SMILES string of the molecule is CCCCn1cc([C@H](O)C2(CN)CCC2)cn1. The molecule has 0 bridgehead atoms. The van der Waals surface area contributed by atoms with Gasteiger partial charge in [-0.3, -0.25) is 4.68 Å². The Morgan fingerprint density at radius 2 is 2.35 bits per heavy atom. The van der Waals surface area contributed by atoms with Crippen molar-refractivity contribution in [3.8, 4) is 0 Å². The molecule has 1 aromatic rings. The number of hydrogen-bond donors (Lipinski definition) is 2. The van der Waals surface area contributed by atoms with Gasteiger partial charge in [0.1, 0.15) is 0 Å². The van der Waals surface area contributed by atoms with Crippen LogP contribution < -0.4 is 5.73 Å². The molecule has 0 aromatic carbocycles. The van der Waals surface area contributed by atoms with Gasteiger partial charge >= 0.3 is 0 Å². The number of unbranched alkanes of at least 4 members (excludes halogenated alkanes) is 1. The van der Waals surface area contributed by atoms with Crippen molar-refractivity contribution in [3.05, 3.63) is 18.0 Å². The Morgan fingerprint density at radius 3 is 2.88 bits per heavy atom. The molecule has 0 unspecified atom stereocenters. The van der Waals surface area contributed by atoms with Crippen molar-refractivity contribution in [2.45, 2.75) is 51.7 Å². The van der Waals surface area contributed by atoms with E-state index in [0.29, 0.717) is 6.54 Å². The Kier molecular flexibility index (Phi) is 3.84. The third-order valence-electron chi connectivity index (χ3n) is 4.05. The summed E-state index contributed by atoms with van der Waals surface area (Å²) in [4.78, 5) is 0. The van der Waals surface area contributed by atoms with Crippen molar-refractivity contribution >= 4 is 0 Å². The number of rotatable bonds is 6. The van der Waals surface area contributed by atoms with Gasteiger partial charge in [-0.1, -0.05) is 19.8 Å². The second kappa shape index (κ2) is 5.19. The predicted molar refractivity (Wildman–Crippen MR) is 67.4 cm³/mol. The van der Waals surface area contributed by atoms with E-state index in [1.54, 1.807) is 6.20 Å². The van der Waals surface area contributed by atoms with E-state index >= 15 is 0 Å². The van der Waals surface area contributed by atoms with E-state index in [2.05, 4.69) is 12.0 Å². The standard InChI is InChI=1S/C13H23N3O/c1-2-3-7-16-9-11(8-15-16)12(17)13(10-14)5-4-6-13/h8-9,12,17H,2-7,10,14H2,1H3/t12-/m0/s1. The molecule has 0 spiro atoms. The van der Waals surface area contributed by atoms with Crippen LogP contribution in [0.1, 0.15) is 50.7 Å². The molecule has 1 atom stereocenters. The summed E-state index contributed by atoms with van der Waals surface area (Å²) in [5.41, 5.74) is 6.64. The average molecular weight is 237 g/mol. The Morgan fingerprint density at radius 1 is 1.59 bits per heavy atom. The van der Waals surface area contributed by atoms with Gasteiger partial charge in [0.05, 0.1) is 12.3 Å². The monoisotopic (exact) mass is 237 g/mol. The molecular formula is C13H23N3O. The fourth-order valence-electron chi connectivity index (χ4n) is 2.54. The molecule has 1 aliphatic carbocycles. The third-order valence-corrected chi connectivity index (χ3v) is 4.05.